The zero-order valence-corrected chi connectivity index (χ0v) is 13.3. The molecule has 6 nitrogen and oxygen atoms in total. The number of aromatic nitrogens is 1. The Balaban J connectivity index is 1.80. The second kappa shape index (κ2) is 5.53. The van der Waals surface area contributed by atoms with Crippen LogP contribution in [0, 0.1) is 0 Å². The summed E-state index contributed by atoms with van der Waals surface area (Å²) in [5.41, 5.74) is 3.25. The maximum atomic E-state index is 12.2. The van der Waals surface area contributed by atoms with Crippen LogP contribution in [0.2, 0.25) is 0 Å². The average Bonchev–Trinajstić information content (AvgIpc) is 2.89. The van der Waals surface area contributed by atoms with Gasteiger partial charge in [-0.3, -0.25) is 4.90 Å². The summed E-state index contributed by atoms with van der Waals surface area (Å²) in [5, 5.41) is 0. The maximum absolute atomic E-state index is 12.2. The van der Waals surface area contributed by atoms with Crippen LogP contribution in [0.4, 0.5) is 4.79 Å². The number of hydrogen-bond donors (Lipinski definition) is 0. The standard InChI is InChI=1S/C17H18N2O4/c1-17(2,3)23-16(21)19-8-12-5-4-11(6-13(12)9-19)14-7-18-15(20)22-10-14/h4-7,10H,8-9H2,1-3H3. The lowest BCUT2D eigenvalue weighted by atomic mass is 10.0. The van der Waals surface area contributed by atoms with E-state index in [1.807, 2.05) is 39.0 Å². The first-order valence-electron chi connectivity index (χ1n) is 7.37. The Hall–Kier alpha value is -2.63. The number of benzene rings is 1. The monoisotopic (exact) mass is 314 g/mol. The van der Waals surface area contributed by atoms with Gasteiger partial charge in [0.05, 0.1) is 0 Å². The fraction of sp³-hybridized carbons (Fsp3) is 0.353. The molecule has 1 aliphatic heterocycles. The first-order chi connectivity index (χ1) is 10.8. The molecule has 1 aliphatic rings. The minimum Gasteiger partial charge on any atom is -0.444 e. The number of fused-ring (bicyclic) bond motifs is 1. The molecule has 0 saturated heterocycles. The summed E-state index contributed by atoms with van der Waals surface area (Å²) in [7, 11) is 0. The fourth-order valence-electron chi connectivity index (χ4n) is 2.47. The summed E-state index contributed by atoms with van der Waals surface area (Å²) >= 11 is 0. The van der Waals surface area contributed by atoms with Crippen molar-refractivity contribution in [2.24, 2.45) is 0 Å². The molecule has 2 heterocycles. The molecule has 6 heteroatoms. The van der Waals surface area contributed by atoms with Crippen molar-refractivity contribution >= 4 is 6.09 Å². The third kappa shape index (κ3) is 3.41. The SMILES string of the molecule is CC(C)(C)OC(=O)N1Cc2ccc(-c3cnc(=O)oc3)cc2C1. The van der Waals surface area contributed by atoms with Crippen LogP contribution in [0.1, 0.15) is 31.9 Å². The van der Waals surface area contributed by atoms with Crippen molar-refractivity contribution < 1.29 is 13.9 Å². The van der Waals surface area contributed by atoms with Gasteiger partial charge in [0.2, 0.25) is 0 Å². The second-order valence-corrected chi connectivity index (χ2v) is 6.54. The van der Waals surface area contributed by atoms with E-state index in [2.05, 4.69) is 4.98 Å². The zero-order chi connectivity index (χ0) is 16.6. The van der Waals surface area contributed by atoms with Gasteiger partial charge in [-0.05, 0) is 43.5 Å². The number of nitrogens with zero attached hydrogens (tertiary/aromatic N) is 2. The summed E-state index contributed by atoms with van der Waals surface area (Å²) in [6.45, 7) is 6.59. The molecule has 0 aliphatic carbocycles. The van der Waals surface area contributed by atoms with E-state index in [-0.39, 0.29) is 6.09 Å². The van der Waals surface area contributed by atoms with Gasteiger partial charge < -0.3 is 9.15 Å². The molecule has 0 bridgehead atoms. The Labute approximate surface area is 133 Å². The Morgan fingerprint density at radius 3 is 2.61 bits per heavy atom. The summed E-state index contributed by atoms with van der Waals surface area (Å²) in [4.78, 5) is 28.4. The lowest BCUT2D eigenvalue weighted by Crippen LogP contribution is -2.33. The molecule has 2 aromatic rings. The molecule has 1 aromatic heterocycles. The minimum absolute atomic E-state index is 0.317. The molecule has 0 N–H and O–H groups in total. The third-order valence-electron chi connectivity index (χ3n) is 3.51. The lowest BCUT2D eigenvalue weighted by molar-refractivity contribution is 0.0242. The molecule has 0 spiro atoms. The molecular formula is C17H18N2O4. The van der Waals surface area contributed by atoms with Gasteiger partial charge in [-0.1, -0.05) is 12.1 Å². The largest absolute Gasteiger partial charge is 0.444 e. The second-order valence-electron chi connectivity index (χ2n) is 6.54. The molecule has 120 valence electrons. The van der Waals surface area contributed by atoms with Crippen molar-refractivity contribution in [3.8, 4) is 11.1 Å². The van der Waals surface area contributed by atoms with Gasteiger partial charge in [0, 0.05) is 24.8 Å². The molecule has 1 amide bonds. The smallest absolute Gasteiger partial charge is 0.438 e. The molecular weight excluding hydrogens is 296 g/mol. The molecule has 0 atom stereocenters. The van der Waals surface area contributed by atoms with Crippen molar-refractivity contribution in [2.75, 3.05) is 0 Å². The van der Waals surface area contributed by atoms with Crippen LogP contribution in [0.5, 0.6) is 0 Å². The van der Waals surface area contributed by atoms with Crippen LogP contribution in [-0.2, 0) is 17.8 Å². The van der Waals surface area contributed by atoms with E-state index in [1.165, 1.54) is 12.5 Å². The predicted octanol–water partition coefficient (Wildman–Crippen LogP) is 2.95. The highest BCUT2D eigenvalue weighted by molar-refractivity contribution is 5.70. The van der Waals surface area contributed by atoms with E-state index in [0.29, 0.717) is 13.1 Å². The van der Waals surface area contributed by atoms with E-state index in [9.17, 15) is 9.59 Å². The molecule has 23 heavy (non-hydrogen) atoms. The van der Waals surface area contributed by atoms with Gasteiger partial charge in [0.15, 0.2) is 0 Å². The Morgan fingerprint density at radius 2 is 1.96 bits per heavy atom. The van der Waals surface area contributed by atoms with Gasteiger partial charge in [0.25, 0.3) is 0 Å². The lowest BCUT2D eigenvalue weighted by Gasteiger charge is -2.24. The van der Waals surface area contributed by atoms with E-state index in [0.717, 1.165) is 22.3 Å². The predicted molar refractivity (Wildman–Crippen MR) is 83.7 cm³/mol. The van der Waals surface area contributed by atoms with Crippen molar-refractivity contribution in [1.29, 1.82) is 0 Å². The maximum Gasteiger partial charge on any atom is 0.438 e. The average molecular weight is 314 g/mol. The normalized spacial score (nSPS) is 13.8. The number of hydrogen-bond acceptors (Lipinski definition) is 5. The van der Waals surface area contributed by atoms with Crippen molar-refractivity contribution in [1.82, 2.24) is 9.88 Å². The number of ether oxygens (including phenoxy) is 1. The molecule has 0 saturated carbocycles. The summed E-state index contributed by atoms with van der Waals surface area (Å²) < 4.78 is 10.2. The minimum atomic E-state index is -0.619. The van der Waals surface area contributed by atoms with Crippen LogP contribution in [0.15, 0.2) is 39.9 Å². The van der Waals surface area contributed by atoms with Gasteiger partial charge in [-0.15, -0.1) is 0 Å². The molecule has 1 aromatic carbocycles. The first-order valence-corrected chi connectivity index (χ1v) is 7.37. The third-order valence-corrected chi connectivity index (χ3v) is 3.51. The van der Waals surface area contributed by atoms with Crippen LogP contribution in [0.25, 0.3) is 11.1 Å². The molecule has 0 unspecified atom stereocenters. The Kier molecular flexibility index (Phi) is 3.67. The zero-order valence-electron chi connectivity index (χ0n) is 13.3. The summed E-state index contributed by atoms with van der Waals surface area (Å²) in [6, 6.07) is 5.88. The first kappa shape index (κ1) is 15.3. The number of carbonyl (C=O) groups is 1. The van der Waals surface area contributed by atoms with E-state index >= 15 is 0 Å². The van der Waals surface area contributed by atoms with Crippen LogP contribution in [0.3, 0.4) is 0 Å². The van der Waals surface area contributed by atoms with E-state index < -0.39 is 11.4 Å². The fourth-order valence-corrected chi connectivity index (χ4v) is 2.47. The molecule has 0 radical (unpaired) electrons. The summed E-state index contributed by atoms with van der Waals surface area (Å²) in [6.07, 6.45) is 2.55. The Morgan fingerprint density at radius 1 is 1.22 bits per heavy atom. The topological polar surface area (TPSA) is 72.6 Å². The highest BCUT2D eigenvalue weighted by Gasteiger charge is 2.27. The van der Waals surface area contributed by atoms with Crippen molar-refractivity contribution in [3.05, 3.63) is 52.3 Å². The number of carbonyl (C=O) groups excluding carboxylic acids is 1. The number of amides is 1. The van der Waals surface area contributed by atoms with Crippen LogP contribution < -0.4 is 5.76 Å². The summed E-state index contributed by atoms with van der Waals surface area (Å²) in [5.74, 6) is -0.619. The van der Waals surface area contributed by atoms with Gasteiger partial charge in [-0.25, -0.2) is 9.59 Å². The molecule has 0 fully saturated rings. The van der Waals surface area contributed by atoms with Crippen molar-refractivity contribution in [3.63, 3.8) is 0 Å². The number of rotatable bonds is 1. The van der Waals surface area contributed by atoms with Gasteiger partial charge in [0.1, 0.15) is 11.9 Å². The van der Waals surface area contributed by atoms with E-state index in [4.69, 9.17) is 9.15 Å². The van der Waals surface area contributed by atoms with Crippen LogP contribution in [-0.4, -0.2) is 21.6 Å². The van der Waals surface area contributed by atoms with Gasteiger partial charge in [-0.2, -0.15) is 4.98 Å². The van der Waals surface area contributed by atoms with Crippen LogP contribution >= 0.6 is 0 Å². The van der Waals surface area contributed by atoms with Crippen molar-refractivity contribution in [2.45, 2.75) is 39.5 Å². The Bertz CT molecular complexity index is 784. The molecule has 3 rings (SSSR count). The highest BCUT2D eigenvalue weighted by Crippen LogP contribution is 2.29. The highest BCUT2D eigenvalue weighted by atomic mass is 16.6. The van der Waals surface area contributed by atoms with E-state index in [1.54, 1.807) is 4.90 Å². The quantitative estimate of drug-likeness (QED) is 0.809. The van der Waals surface area contributed by atoms with Gasteiger partial charge >= 0.3 is 11.8 Å².